The zero-order valence-electron chi connectivity index (χ0n) is 14.4. The average Bonchev–Trinajstić information content (AvgIpc) is 2.99. The summed E-state index contributed by atoms with van der Waals surface area (Å²) in [5, 5.41) is 0.209. The molecule has 1 N–H and O–H groups in total. The number of benzene rings is 1. The molecule has 2 aromatic heterocycles. The van der Waals surface area contributed by atoms with Crippen molar-refractivity contribution >= 4 is 17.0 Å². The summed E-state index contributed by atoms with van der Waals surface area (Å²) in [6, 6.07) is 10.0. The molecule has 1 fully saturated rings. The molecule has 3 aromatic rings. The second-order valence-electron chi connectivity index (χ2n) is 6.38. The summed E-state index contributed by atoms with van der Waals surface area (Å²) in [6.45, 7) is 3.09. The predicted molar refractivity (Wildman–Crippen MR) is 95.2 cm³/mol. The summed E-state index contributed by atoms with van der Waals surface area (Å²) >= 11 is 0. The fourth-order valence-corrected chi connectivity index (χ4v) is 3.37. The van der Waals surface area contributed by atoms with E-state index in [1.54, 1.807) is 11.8 Å². The molecular formula is C19H19N3O4. The molecule has 134 valence electrons. The number of H-pyrrole nitrogens is 1. The van der Waals surface area contributed by atoms with Gasteiger partial charge in [-0.2, -0.15) is 0 Å². The number of carbonyl (C=O) groups is 1. The second kappa shape index (κ2) is 6.76. The molecule has 7 heteroatoms. The van der Waals surface area contributed by atoms with E-state index < -0.39 is 0 Å². The fourth-order valence-electron chi connectivity index (χ4n) is 3.37. The van der Waals surface area contributed by atoms with E-state index in [2.05, 4.69) is 9.97 Å². The summed E-state index contributed by atoms with van der Waals surface area (Å²) < 4.78 is 11.3. The van der Waals surface area contributed by atoms with Crippen LogP contribution in [0.25, 0.3) is 11.1 Å². The number of nitrogens with one attached hydrogen (secondary N) is 1. The lowest BCUT2D eigenvalue weighted by atomic mass is 10.1. The lowest BCUT2D eigenvalue weighted by Gasteiger charge is -2.33. The maximum atomic E-state index is 13.1. The molecule has 7 nitrogen and oxygen atoms in total. The van der Waals surface area contributed by atoms with Crippen molar-refractivity contribution in [3.63, 3.8) is 0 Å². The highest BCUT2D eigenvalue weighted by atomic mass is 16.5. The fraction of sp³-hybridized carbons (Fsp3) is 0.316. The molecule has 1 aliphatic rings. The molecule has 4 rings (SSSR count). The Bertz CT molecular complexity index is 993. The van der Waals surface area contributed by atoms with Crippen LogP contribution in [0.15, 0.2) is 45.9 Å². The van der Waals surface area contributed by atoms with Crippen LogP contribution in [-0.2, 0) is 11.2 Å². The van der Waals surface area contributed by atoms with Crippen LogP contribution in [0.4, 0.5) is 0 Å². The van der Waals surface area contributed by atoms with E-state index in [9.17, 15) is 9.59 Å². The van der Waals surface area contributed by atoms with Gasteiger partial charge in [0.1, 0.15) is 11.1 Å². The number of carbonyl (C=O) groups excluding carboxylic acids is 1. The maximum Gasteiger partial charge on any atom is 0.262 e. The van der Waals surface area contributed by atoms with Gasteiger partial charge >= 0.3 is 0 Å². The van der Waals surface area contributed by atoms with E-state index in [4.69, 9.17) is 9.15 Å². The van der Waals surface area contributed by atoms with Gasteiger partial charge in [-0.05, 0) is 12.5 Å². The molecule has 0 spiro atoms. The van der Waals surface area contributed by atoms with Gasteiger partial charge in [0, 0.05) is 19.5 Å². The first-order valence-corrected chi connectivity index (χ1v) is 8.55. The number of furan rings is 1. The molecule has 1 aliphatic heterocycles. The van der Waals surface area contributed by atoms with Gasteiger partial charge in [-0.3, -0.25) is 9.59 Å². The standard InChI is InChI=1S/C19H19N3O4/c1-12-15(16-17(23)20-11-21-18(16)26-12)19(24)22-7-8-25-14(10-22)9-13-5-3-2-4-6-13/h2-6,11,14H,7-10H2,1H3,(H,20,21,23). The summed E-state index contributed by atoms with van der Waals surface area (Å²) in [7, 11) is 0. The van der Waals surface area contributed by atoms with Crippen LogP contribution in [0.2, 0.25) is 0 Å². The van der Waals surface area contributed by atoms with E-state index in [1.807, 2.05) is 30.3 Å². The number of rotatable bonds is 3. The Labute approximate surface area is 149 Å². The van der Waals surface area contributed by atoms with E-state index in [0.29, 0.717) is 25.5 Å². The minimum atomic E-state index is -0.371. The quantitative estimate of drug-likeness (QED) is 0.777. The van der Waals surface area contributed by atoms with Crippen molar-refractivity contribution in [2.75, 3.05) is 19.7 Å². The molecule has 1 saturated heterocycles. The molecule has 0 radical (unpaired) electrons. The van der Waals surface area contributed by atoms with Gasteiger partial charge < -0.3 is 19.0 Å². The Kier molecular flexibility index (Phi) is 4.30. The van der Waals surface area contributed by atoms with E-state index in [-0.39, 0.29) is 34.2 Å². The van der Waals surface area contributed by atoms with Crippen molar-refractivity contribution in [3.05, 3.63) is 63.9 Å². The van der Waals surface area contributed by atoms with Gasteiger partial charge in [0.05, 0.1) is 24.6 Å². The number of aromatic nitrogens is 2. The van der Waals surface area contributed by atoms with Gasteiger partial charge in [-0.25, -0.2) is 4.98 Å². The van der Waals surface area contributed by atoms with Crippen molar-refractivity contribution in [2.45, 2.75) is 19.4 Å². The highest BCUT2D eigenvalue weighted by Crippen LogP contribution is 2.23. The number of aromatic amines is 1. The van der Waals surface area contributed by atoms with Crippen LogP contribution in [-0.4, -0.2) is 46.6 Å². The lowest BCUT2D eigenvalue weighted by molar-refractivity contribution is -0.0208. The Morgan fingerprint density at radius 1 is 1.35 bits per heavy atom. The van der Waals surface area contributed by atoms with Crippen LogP contribution in [0, 0.1) is 6.92 Å². The molecule has 3 heterocycles. The molecule has 1 aromatic carbocycles. The van der Waals surface area contributed by atoms with E-state index in [1.165, 1.54) is 6.33 Å². The molecular weight excluding hydrogens is 334 g/mol. The molecule has 0 aliphatic carbocycles. The summed E-state index contributed by atoms with van der Waals surface area (Å²) in [5.74, 6) is 0.182. The predicted octanol–water partition coefficient (Wildman–Crippen LogP) is 1.91. The van der Waals surface area contributed by atoms with Crippen LogP contribution in [0.1, 0.15) is 21.7 Å². The topological polar surface area (TPSA) is 88.4 Å². The Morgan fingerprint density at radius 2 is 2.15 bits per heavy atom. The molecule has 1 amide bonds. The number of hydrogen-bond acceptors (Lipinski definition) is 5. The summed E-state index contributed by atoms with van der Waals surface area (Å²) in [4.78, 5) is 33.5. The number of aryl methyl sites for hydroxylation is 1. The van der Waals surface area contributed by atoms with Gasteiger partial charge in [0.15, 0.2) is 0 Å². The minimum Gasteiger partial charge on any atom is -0.442 e. The van der Waals surface area contributed by atoms with Gasteiger partial charge in [0.25, 0.3) is 11.5 Å². The molecule has 1 unspecified atom stereocenters. The average molecular weight is 353 g/mol. The van der Waals surface area contributed by atoms with Crippen molar-refractivity contribution in [2.24, 2.45) is 0 Å². The zero-order chi connectivity index (χ0) is 18.1. The Morgan fingerprint density at radius 3 is 2.96 bits per heavy atom. The number of hydrogen-bond donors (Lipinski definition) is 1. The first-order valence-electron chi connectivity index (χ1n) is 8.55. The van der Waals surface area contributed by atoms with Crippen LogP contribution in [0.5, 0.6) is 0 Å². The van der Waals surface area contributed by atoms with Crippen LogP contribution >= 0.6 is 0 Å². The Hall–Kier alpha value is -2.93. The molecule has 0 bridgehead atoms. The second-order valence-corrected chi connectivity index (χ2v) is 6.38. The van der Waals surface area contributed by atoms with Crippen molar-refractivity contribution in [3.8, 4) is 0 Å². The normalized spacial score (nSPS) is 17.6. The monoisotopic (exact) mass is 353 g/mol. The minimum absolute atomic E-state index is 0.0787. The largest absolute Gasteiger partial charge is 0.442 e. The SMILES string of the molecule is Cc1oc2nc[nH]c(=O)c2c1C(=O)N1CCOC(Cc2ccccc2)C1. The van der Waals surface area contributed by atoms with E-state index >= 15 is 0 Å². The molecule has 0 saturated carbocycles. The van der Waals surface area contributed by atoms with Crippen molar-refractivity contribution in [1.82, 2.24) is 14.9 Å². The van der Waals surface area contributed by atoms with Gasteiger partial charge in [-0.15, -0.1) is 0 Å². The summed E-state index contributed by atoms with van der Waals surface area (Å²) in [6.07, 6.45) is 1.93. The third kappa shape index (κ3) is 3.01. The third-order valence-electron chi connectivity index (χ3n) is 4.62. The molecule has 26 heavy (non-hydrogen) atoms. The Balaban J connectivity index is 1.59. The maximum absolute atomic E-state index is 13.1. The first kappa shape index (κ1) is 16.5. The summed E-state index contributed by atoms with van der Waals surface area (Å²) in [5.41, 5.74) is 1.26. The van der Waals surface area contributed by atoms with Crippen LogP contribution in [0.3, 0.4) is 0 Å². The van der Waals surface area contributed by atoms with Crippen molar-refractivity contribution in [1.29, 1.82) is 0 Å². The molecule has 1 atom stereocenters. The van der Waals surface area contributed by atoms with Gasteiger partial charge in [0.2, 0.25) is 5.71 Å². The third-order valence-corrected chi connectivity index (χ3v) is 4.62. The number of morpholine rings is 1. The van der Waals surface area contributed by atoms with Crippen molar-refractivity contribution < 1.29 is 13.9 Å². The number of ether oxygens (including phenoxy) is 1. The number of amides is 1. The lowest BCUT2D eigenvalue weighted by Crippen LogP contribution is -2.46. The van der Waals surface area contributed by atoms with E-state index in [0.717, 1.165) is 12.0 Å². The van der Waals surface area contributed by atoms with Crippen LogP contribution < -0.4 is 5.56 Å². The van der Waals surface area contributed by atoms with Gasteiger partial charge in [-0.1, -0.05) is 30.3 Å². The first-order chi connectivity index (χ1) is 12.6. The highest BCUT2D eigenvalue weighted by molar-refractivity contribution is 6.06. The number of nitrogens with zero attached hydrogens (tertiary/aromatic N) is 2. The highest BCUT2D eigenvalue weighted by Gasteiger charge is 2.30. The number of fused-ring (bicyclic) bond motifs is 1. The smallest absolute Gasteiger partial charge is 0.262 e. The zero-order valence-corrected chi connectivity index (χ0v) is 14.4.